The van der Waals surface area contributed by atoms with Crippen molar-refractivity contribution < 1.29 is 18.7 Å². The fourth-order valence-electron chi connectivity index (χ4n) is 5.49. The lowest BCUT2D eigenvalue weighted by Crippen LogP contribution is -2.68. The number of aromatic nitrogens is 1. The van der Waals surface area contributed by atoms with Crippen LogP contribution >= 0.6 is 0 Å². The van der Waals surface area contributed by atoms with Crippen molar-refractivity contribution in [2.24, 2.45) is 23.0 Å². The number of hydrogen-bond acceptors (Lipinski definition) is 7. The highest BCUT2D eigenvalue weighted by atomic mass is 19.1. The lowest BCUT2D eigenvalue weighted by Gasteiger charge is -2.55. The van der Waals surface area contributed by atoms with Gasteiger partial charge in [0, 0.05) is 56.9 Å². The van der Waals surface area contributed by atoms with Gasteiger partial charge >= 0.3 is 0 Å². The zero-order valence-corrected chi connectivity index (χ0v) is 21.0. The molecule has 0 bridgehead atoms. The van der Waals surface area contributed by atoms with Gasteiger partial charge in [0.25, 0.3) is 0 Å². The van der Waals surface area contributed by atoms with Gasteiger partial charge in [-0.25, -0.2) is 4.39 Å². The Labute approximate surface area is 206 Å². The summed E-state index contributed by atoms with van der Waals surface area (Å²) in [5, 5.41) is 6.08. The van der Waals surface area contributed by atoms with E-state index >= 15 is 0 Å². The first kappa shape index (κ1) is 25.8. The monoisotopic (exact) mass is 490 g/mol. The van der Waals surface area contributed by atoms with E-state index in [-0.39, 0.29) is 35.7 Å². The summed E-state index contributed by atoms with van der Waals surface area (Å²) in [7, 11) is 0. The van der Waals surface area contributed by atoms with Gasteiger partial charge in [0.2, 0.25) is 11.8 Å². The molecule has 4 N–H and O–H groups in total. The minimum Gasteiger partial charge on any atom is -0.380 e. The van der Waals surface area contributed by atoms with Crippen LogP contribution in [0.2, 0.25) is 0 Å². The van der Waals surface area contributed by atoms with E-state index in [1.165, 1.54) is 6.92 Å². The summed E-state index contributed by atoms with van der Waals surface area (Å²) < 4.78 is 18.6. The molecular formula is C25H39FN6O3. The molecule has 1 spiro atoms. The Bertz CT molecular complexity index is 893. The van der Waals surface area contributed by atoms with Gasteiger partial charge < -0.3 is 30.9 Å². The number of piperidine rings is 1. The zero-order valence-electron chi connectivity index (χ0n) is 21.0. The molecule has 1 aromatic heterocycles. The van der Waals surface area contributed by atoms with Crippen molar-refractivity contribution in [2.75, 3.05) is 56.2 Å². The van der Waals surface area contributed by atoms with E-state index in [9.17, 15) is 14.0 Å². The smallest absolute Gasteiger partial charge is 0.230 e. The largest absolute Gasteiger partial charge is 0.380 e. The number of pyridine rings is 1. The Kier molecular flexibility index (Phi) is 7.92. The summed E-state index contributed by atoms with van der Waals surface area (Å²) in [6.45, 7) is 9.93. The Morgan fingerprint density at radius 2 is 1.94 bits per heavy atom. The highest BCUT2D eigenvalue weighted by molar-refractivity contribution is 5.96. The highest BCUT2D eigenvalue weighted by Crippen LogP contribution is 2.39. The van der Waals surface area contributed by atoms with Gasteiger partial charge in [0.15, 0.2) is 0 Å². The van der Waals surface area contributed by atoms with E-state index in [2.05, 4.69) is 20.5 Å². The minimum absolute atomic E-state index is 0.0387. The molecule has 194 valence electrons. The van der Waals surface area contributed by atoms with E-state index < -0.39 is 18.1 Å². The SMILES string of the molecule is CC(F)CNC(C)C(C(=O)Nc1cnccc1N1CCC(C(=O)N2CC3(COC3)C2)CC1)C(C)N. The maximum atomic E-state index is 13.3. The predicted molar refractivity (Wildman–Crippen MR) is 133 cm³/mol. The quantitative estimate of drug-likeness (QED) is 0.480. The average Bonchev–Trinajstić information content (AvgIpc) is 2.76. The number of amides is 2. The van der Waals surface area contributed by atoms with Gasteiger partial charge in [-0.2, -0.15) is 0 Å². The molecule has 3 fully saturated rings. The summed E-state index contributed by atoms with van der Waals surface area (Å²) >= 11 is 0. The fourth-order valence-corrected chi connectivity index (χ4v) is 5.49. The van der Waals surface area contributed by atoms with Crippen LogP contribution in [0.1, 0.15) is 33.6 Å². The molecule has 3 aliphatic rings. The number of carbonyl (C=O) groups excluding carboxylic acids is 2. The molecule has 0 saturated carbocycles. The summed E-state index contributed by atoms with van der Waals surface area (Å²) in [5.74, 6) is -0.463. The van der Waals surface area contributed by atoms with Gasteiger partial charge in [0.05, 0.1) is 42.1 Å². The molecule has 3 saturated heterocycles. The normalized spacial score (nSPS) is 23.1. The molecule has 2 amide bonds. The molecule has 4 rings (SSSR count). The second-order valence-electron chi connectivity index (χ2n) is 10.7. The first-order chi connectivity index (χ1) is 16.7. The van der Waals surface area contributed by atoms with Gasteiger partial charge in [-0.1, -0.05) is 0 Å². The Hall–Kier alpha value is -2.30. The molecule has 35 heavy (non-hydrogen) atoms. The molecule has 0 radical (unpaired) electrons. The summed E-state index contributed by atoms with van der Waals surface area (Å²) in [4.78, 5) is 34.5. The Morgan fingerprint density at radius 1 is 1.26 bits per heavy atom. The third-order valence-electron chi connectivity index (χ3n) is 7.55. The molecule has 9 nitrogen and oxygen atoms in total. The maximum absolute atomic E-state index is 13.3. The number of ether oxygens (including phenoxy) is 1. The van der Waals surface area contributed by atoms with Crippen molar-refractivity contribution in [1.29, 1.82) is 0 Å². The number of anilines is 2. The van der Waals surface area contributed by atoms with Gasteiger partial charge in [-0.15, -0.1) is 0 Å². The van der Waals surface area contributed by atoms with Crippen molar-refractivity contribution >= 4 is 23.2 Å². The van der Waals surface area contributed by atoms with Crippen molar-refractivity contribution in [2.45, 2.75) is 51.9 Å². The maximum Gasteiger partial charge on any atom is 0.230 e. The number of alkyl halides is 1. The standard InChI is InChI=1S/C25H39FN6O3/c1-16(26)10-29-18(3)22(17(2)27)23(33)30-20-11-28-7-4-21(20)31-8-5-19(6-9-31)24(34)32-12-25(13-32)14-35-15-25/h4,7,11,16-19,22,29H,5-6,8-10,12-15,27H2,1-3H3,(H,30,33). The van der Waals surface area contributed by atoms with E-state index in [1.54, 1.807) is 19.3 Å². The number of halogens is 1. The van der Waals surface area contributed by atoms with Gasteiger partial charge in [0.1, 0.15) is 6.17 Å². The van der Waals surface area contributed by atoms with Crippen molar-refractivity contribution in [3.63, 3.8) is 0 Å². The molecule has 4 unspecified atom stereocenters. The van der Waals surface area contributed by atoms with E-state index in [4.69, 9.17) is 10.5 Å². The number of nitrogens with zero attached hydrogens (tertiary/aromatic N) is 3. The van der Waals surface area contributed by atoms with Crippen LogP contribution in [0.4, 0.5) is 15.8 Å². The van der Waals surface area contributed by atoms with Gasteiger partial charge in [-0.3, -0.25) is 14.6 Å². The molecule has 3 aliphatic heterocycles. The van der Waals surface area contributed by atoms with Crippen LogP contribution in [-0.2, 0) is 14.3 Å². The first-order valence-corrected chi connectivity index (χ1v) is 12.7. The van der Waals surface area contributed by atoms with Gasteiger partial charge in [-0.05, 0) is 39.7 Å². The third-order valence-corrected chi connectivity index (χ3v) is 7.55. The number of carbonyl (C=O) groups is 2. The second-order valence-corrected chi connectivity index (χ2v) is 10.7. The molecule has 4 atom stereocenters. The molecule has 4 heterocycles. The molecule has 10 heteroatoms. The zero-order chi connectivity index (χ0) is 25.2. The minimum atomic E-state index is -1.01. The summed E-state index contributed by atoms with van der Waals surface area (Å²) in [6, 6.07) is 1.18. The van der Waals surface area contributed by atoms with Crippen molar-refractivity contribution in [3.8, 4) is 0 Å². The average molecular weight is 491 g/mol. The predicted octanol–water partition coefficient (Wildman–Crippen LogP) is 1.39. The molecule has 0 aromatic carbocycles. The van der Waals surface area contributed by atoms with Crippen LogP contribution in [-0.4, -0.2) is 85.9 Å². The topological polar surface area (TPSA) is 113 Å². The van der Waals surface area contributed by atoms with Crippen molar-refractivity contribution in [3.05, 3.63) is 18.5 Å². The van der Waals surface area contributed by atoms with E-state index in [1.807, 2.05) is 17.9 Å². The molecule has 1 aromatic rings. The van der Waals surface area contributed by atoms with Crippen LogP contribution in [0.5, 0.6) is 0 Å². The molecule has 0 aliphatic carbocycles. The number of hydrogen-bond donors (Lipinski definition) is 3. The van der Waals surface area contributed by atoms with Crippen LogP contribution in [0.3, 0.4) is 0 Å². The first-order valence-electron chi connectivity index (χ1n) is 12.7. The highest BCUT2D eigenvalue weighted by Gasteiger charge is 2.51. The number of rotatable bonds is 9. The lowest BCUT2D eigenvalue weighted by atomic mass is 9.77. The van der Waals surface area contributed by atoms with Crippen LogP contribution in [0, 0.1) is 17.3 Å². The van der Waals surface area contributed by atoms with Crippen molar-refractivity contribution in [1.82, 2.24) is 15.2 Å². The number of likely N-dealkylation sites (tertiary alicyclic amines) is 1. The van der Waals surface area contributed by atoms with Crippen LogP contribution in [0.25, 0.3) is 0 Å². The fraction of sp³-hybridized carbons (Fsp3) is 0.720. The summed E-state index contributed by atoms with van der Waals surface area (Å²) in [5.41, 5.74) is 7.87. The molecular weight excluding hydrogens is 451 g/mol. The Morgan fingerprint density at radius 3 is 2.51 bits per heavy atom. The number of nitrogens with two attached hydrogens (primary N) is 1. The van der Waals surface area contributed by atoms with Crippen LogP contribution < -0.4 is 21.3 Å². The van der Waals surface area contributed by atoms with E-state index in [0.717, 1.165) is 57.9 Å². The summed E-state index contributed by atoms with van der Waals surface area (Å²) in [6.07, 6.45) is 3.89. The van der Waals surface area contributed by atoms with E-state index in [0.29, 0.717) is 5.69 Å². The number of nitrogens with one attached hydrogen (secondary N) is 2. The lowest BCUT2D eigenvalue weighted by molar-refractivity contribution is -0.197. The third kappa shape index (κ3) is 5.76. The second kappa shape index (κ2) is 10.8. The van der Waals surface area contributed by atoms with Crippen LogP contribution in [0.15, 0.2) is 18.5 Å². The Balaban J connectivity index is 1.34.